The number of rotatable bonds is 11. The Bertz CT molecular complexity index is 751. The van der Waals surface area contributed by atoms with E-state index in [4.69, 9.17) is 0 Å². The maximum absolute atomic E-state index is 3.51. The number of unbranched alkanes of at least 4 members (excludes halogenated alkanes) is 8. The molecule has 0 amide bonds. The van der Waals surface area contributed by atoms with Crippen molar-refractivity contribution in [2.24, 2.45) is 0 Å². The number of benzene rings is 3. The quantitative estimate of drug-likeness (QED) is 0.169. The van der Waals surface area contributed by atoms with E-state index in [-0.39, 0.29) is 0 Å². The monoisotopic (exact) mass is 410 g/mol. The highest BCUT2D eigenvalue weighted by atomic mass is 79.9. The van der Waals surface area contributed by atoms with E-state index in [0.717, 1.165) is 5.33 Å². The molecule has 0 atom stereocenters. The van der Waals surface area contributed by atoms with Gasteiger partial charge in [0.05, 0.1) is 0 Å². The Morgan fingerprint density at radius 2 is 1.00 bits per heavy atom. The van der Waals surface area contributed by atoms with Crippen molar-refractivity contribution in [3.8, 4) is 0 Å². The minimum atomic E-state index is 1.16. The number of hydrogen-bond acceptors (Lipinski definition) is 0. The molecule has 0 heterocycles. The second-order valence-corrected chi connectivity index (χ2v) is 8.21. The number of aryl methyl sites for hydroxylation is 1. The number of halogens is 1. The van der Waals surface area contributed by atoms with Gasteiger partial charge in [0.1, 0.15) is 0 Å². The van der Waals surface area contributed by atoms with E-state index < -0.39 is 0 Å². The Kier molecular flexibility index (Phi) is 8.01. The number of alkyl halides is 1. The van der Waals surface area contributed by atoms with E-state index in [9.17, 15) is 0 Å². The highest BCUT2D eigenvalue weighted by molar-refractivity contribution is 9.09. The zero-order valence-corrected chi connectivity index (χ0v) is 17.4. The molecule has 0 aromatic heterocycles. The van der Waals surface area contributed by atoms with Crippen molar-refractivity contribution in [3.63, 3.8) is 0 Å². The maximum atomic E-state index is 3.51. The Morgan fingerprint density at radius 1 is 0.538 bits per heavy atom. The molecule has 26 heavy (non-hydrogen) atoms. The van der Waals surface area contributed by atoms with Crippen LogP contribution < -0.4 is 0 Å². The summed E-state index contributed by atoms with van der Waals surface area (Å²) in [5.41, 5.74) is 1.55. The van der Waals surface area contributed by atoms with Gasteiger partial charge in [0.2, 0.25) is 0 Å². The van der Waals surface area contributed by atoms with E-state index in [0.29, 0.717) is 0 Å². The minimum absolute atomic E-state index is 1.16. The number of hydrogen-bond donors (Lipinski definition) is 0. The maximum Gasteiger partial charge on any atom is 0.00313 e. The van der Waals surface area contributed by atoms with Gasteiger partial charge < -0.3 is 0 Å². The van der Waals surface area contributed by atoms with Crippen molar-refractivity contribution in [1.82, 2.24) is 0 Å². The molecule has 3 aromatic carbocycles. The zero-order valence-electron chi connectivity index (χ0n) is 15.9. The van der Waals surface area contributed by atoms with Crippen molar-refractivity contribution < 1.29 is 0 Å². The van der Waals surface area contributed by atoms with Crippen LogP contribution in [0, 0.1) is 0 Å². The van der Waals surface area contributed by atoms with E-state index >= 15 is 0 Å². The third-order valence-electron chi connectivity index (χ3n) is 5.44. The van der Waals surface area contributed by atoms with E-state index in [1.165, 1.54) is 85.8 Å². The second-order valence-electron chi connectivity index (χ2n) is 7.42. The molecule has 0 aliphatic carbocycles. The molecule has 0 N–H and O–H groups in total. The summed E-state index contributed by atoms with van der Waals surface area (Å²) in [5.74, 6) is 0. The predicted molar refractivity (Wildman–Crippen MR) is 121 cm³/mol. The molecule has 0 unspecified atom stereocenters. The Labute approximate surface area is 167 Å². The molecule has 0 spiro atoms. The fourth-order valence-electron chi connectivity index (χ4n) is 4.01. The van der Waals surface area contributed by atoms with E-state index in [1.807, 2.05) is 0 Å². The lowest BCUT2D eigenvalue weighted by atomic mass is 9.93. The van der Waals surface area contributed by atoms with Crippen LogP contribution in [-0.4, -0.2) is 5.33 Å². The summed E-state index contributed by atoms with van der Waals surface area (Å²) >= 11 is 3.51. The van der Waals surface area contributed by atoms with Crippen molar-refractivity contribution >= 4 is 37.5 Å². The average molecular weight is 411 g/mol. The third kappa shape index (κ3) is 5.33. The molecule has 3 aromatic rings. The van der Waals surface area contributed by atoms with Gasteiger partial charge in [-0.3, -0.25) is 0 Å². The third-order valence-corrected chi connectivity index (χ3v) is 6.00. The summed E-state index contributed by atoms with van der Waals surface area (Å²) in [4.78, 5) is 0. The Morgan fingerprint density at radius 3 is 1.54 bits per heavy atom. The molecule has 3 rings (SSSR count). The zero-order chi connectivity index (χ0) is 18.0. The standard InChI is InChI=1S/C25H31Br/c26-19-13-7-5-3-1-2-4-6-8-18-25-23-16-11-9-14-21(23)20-22-15-10-12-17-24(22)25/h9-12,14-17,20H,1-8,13,18-19H2. The van der Waals surface area contributed by atoms with Crippen LogP contribution >= 0.6 is 15.9 Å². The molecular weight excluding hydrogens is 380 g/mol. The molecule has 0 fully saturated rings. The van der Waals surface area contributed by atoms with Crippen LogP contribution in [0.25, 0.3) is 21.5 Å². The largest absolute Gasteiger partial charge is 0.0928 e. The van der Waals surface area contributed by atoms with Gasteiger partial charge in [0.15, 0.2) is 0 Å². The first-order valence-electron chi connectivity index (χ1n) is 10.4. The number of fused-ring (bicyclic) bond motifs is 2. The lowest BCUT2D eigenvalue weighted by Crippen LogP contribution is -1.91. The fourth-order valence-corrected chi connectivity index (χ4v) is 4.41. The van der Waals surface area contributed by atoms with Gasteiger partial charge in [0.25, 0.3) is 0 Å². The van der Waals surface area contributed by atoms with Crippen LogP contribution in [0.3, 0.4) is 0 Å². The molecule has 0 aliphatic heterocycles. The Hall–Kier alpha value is -1.34. The van der Waals surface area contributed by atoms with Gasteiger partial charge in [0, 0.05) is 5.33 Å². The summed E-state index contributed by atoms with van der Waals surface area (Å²) in [6, 6.07) is 20.1. The normalized spacial score (nSPS) is 11.4. The van der Waals surface area contributed by atoms with Gasteiger partial charge in [-0.05, 0) is 52.4 Å². The molecule has 138 valence electrons. The highest BCUT2D eigenvalue weighted by Crippen LogP contribution is 2.29. The first-order chi connectivity index (χ1) is 12.9. The van der Waals surface area contributed by atoms with Crippen LogP contribution in [0.15, 0.2) is 54.6 Å². The van der Waals surface area contributed by atoms with Crippen LogP contribution in [0.1, 0.15) is 63.4 Å². The van der Waals surface area contributed by atoms with Crippen molar-refractivity contribution in [2.75, 3.05) is 5.33 Å². The molecule has 0 nitrogen and oxygen atoms in total. The SMILES string of the molecule is BrCCCCCCCCCCCc1c2ccccc2cc2ccccc12. The smallest absolute Gasteiger partial charge is 0.00313 e. The summed E-state index contributed by atoms with van der Waals surface area (Å²) in [5, 5.41) is 6.81. The first kappa shape index (κ1) is 19.4. The van der Waals surface area contributed by atoms with Gasteiger partial charge in [-0.25, -0.2) is 0 Å². The summed E-state index contributed by atoms with van der Waals surface area (Å²) in [6.45, 7) is 0. The lowest BCUT2D eigenvalue weighted by Gasteiger charge is -2.11. The molecule has 0 radical (unpaired) electrons. The topological polar surface area (TPSA) is 0 Å². The van der Waals surface area contributed by atoms with E-state index in [2.05, 4.69) is 70.5 Å². The molecule has 1 heteroatoms. The predicted octanol–water partition coefficient (Wildman–Crippen LogP) is 8.44. The average Bonchev–Trinajstić information content (AvgIpc) is 2.68. The fraction of sp³-hybridized carbons (Fsp3) is 0.440. The van der Waals surface area contributed by atoms with Crippen molar-refractivity contribution in [3.05, 3.63) is 60.2 Å². The molecule has 0 bridgehead atoms. The van der Waals surface area contributed by atoms with Crippen LogP contribution in [0.4, 0.5) is 0 Å². The van der Waals surface area contributed by atoms with Crippen LogP contribution in [0.2, 0.25) is 0 Å². The van der Waals surface area contributed by atoms with Crippen LogP contribution in [0.5, 0.6) is 0 Å². The van der Waals surface area contributed by atoms with Crippen molar-refractivity contribution in [2.45, 2.75) is 64.2 Å². The first-order valence-corrected chi connectivity index (χ1v) is 11.5. The van der Waals surface area contributed by atoms with Crippen molar-refractivity contribution in [1.29, 1.82) is 0 Å². The van der Waals surface area contributed by atoms with Gasteiger partial charge in [-0.15, -0.1) is 0 Å². The molecular formula is C25H31Br. The van der Waals surface area contributed by atoms with Gasteiger partial charge in [-0.2, -0.15) is 0 Å². The summed E-state index contributed by atoms with van der Waals surface area (Å²) < 4.78 is 0. The molecule has 0 aliphatic rings. The summed E-state index contributed by atoms with van der Waals surface area (Å²) in [6.07, 6.45) is 13.6. The Balaban J connectivity index is 1.52. The molecule has 0 saturated carbocycles. The second kappa shape index (κ2) is 10.7. The minimum Gasteiger partial charge on any atom is -0.0928 e. The van der Waals surface area contributed by atoms with E-state index in [1.54, 1.807) is 5.56 Å². The summed E-state index contributed by atoms with van der Waals surface area (Å²) in [7, 11) is 0. The van der Waals surface area contributed by atoms with Gasteiger partial charge >= 0.3 is 0 Å². The van der Waals surface area contributed by atoms with Gasteiger partial charge in [-0.1, -0.05) is 109 Å². The lowest BCUT2D eigenvalue weighted by molar-refractivity contribution is 0.566. The van der Waals surface area contributed by atoms with Crippen LogP contribution in [-0.2, 0) is 6.42 Å². The highest BCUT2D eigenvalue weighted by Gasteiger charge is 2.07. The molecule has 0 saturated heterocycles.